The van der Waals surface area contributed by atoms with Crippen LogP contribution in [0.5, 0.6) is 0 Å². The van der Waals surface area contributed by atoms with Gasteiger partial charge in [0.1, 0.15) is 0 Å². The number of amides is 1. The smallest absolute Gasteiger partial charge is 0.270 e. The van der Waals surface area contributed by atoms with Crippen LogP contribution in [0.25, 0.3) is 0 Å². The van der Waals surface area contributed by atoms with Crippen molar-refractivity contribution < 1.29 is 18.1 Å². The number of halogens is 1. The van der Waals surface area contributed by atoms with Gasteiger partial charge in [-0.3, -0.25) is 14.9 Å². The molecule has 1 amide bonds. The molecular formula is C14H21ClN4O5S. The first kappa shape index (κ1) is 21.3. The maximum absolute atomic E-state index is 12.6. The lowest BCUT2D eigenvalue weighted by molar-refractivity contribution is -0.385. The third-order valence-corrected chi connectivity index (χ3v) is 5.65. The molecule has 0 aromatic heterocycles. The Labute approximate surface area is 152 Å². The molecule has 11 heteroatoms. The Balaban J connectivity index is 0.00000312. The van der Waals surface area contributed by atoms with Crippen molar-refractivity contribution in [3.05, 3.63) is 34.4 Å². The van der Waals surface area contributed by atoms with Crippen LogP contribution in [0.4, 0.5) is 5.69 Å². The predicted molar refractivity (Wildman–Crippen MR) is 93.9 cm³/mol. The average Bonchev–Trinajstić information content (AvgIpc) is 2.54. The van der Waals surface area contributed by atoms with Gasteiger partial charge in [0.05, 0.1) is 9.82 Å². The summed E-state index contributed by atoms with van der Waals surface area (Å²) in [6.45, 7) is 2.59. The van der Waals surface area contributed by atoms with E-state index in [2.05, 4.69) is 0 Å². The molecule has 1 saturated heterocycles. The molecule has 1 fully saturated rings. The van der Waals surface area contributed by atoms with E-state index < -0.39 is 14.9 Å². The van der Waals surface area contributed by atoms with E-state index in [0.717, 1.165) is 6.07 Å². The molecule has 0 aliphatic carbocycles. The first-order chi connectivity index (χ1) is 11.2. The molecule has 2 rings (SSSR count). The summed E-state index contributed by atoms with van der Waals surface area (Å²) in [5.41, 5.74) is 5.33. The molecule has 25 heavy (non-hydrogen) atoms. The van der Waals surface area contributed by atoms with Crippen LogP contribution >= 0.6 is 12.4 Å². The van der Waals surface area contributed by atoms with Crippen LogP contribution in [0.3, 0.4) is 0 Å². The number of nitrogens with zero attached hydrogens (tertiary/aromatic N) is 3. The number of hydrogen-bond donors (Lipinski definition) is 1. The zero-order chi connectivity index (χ0) is 17.9. The predicted octanol–water partition coefficient (Wildman–Crippen LogP) is 0.587. The first-order valence-corrected chi connectivity index (χ1v) is 8.94. The Morgan fingerprint density at radius 3 is 2.44 bits per heavy atom. The lowest BCUT2D eigenvalue weighted by Crippen LogP contribution is -2.51. The summed E-state index contributed by atoms with van der Waals surface area (Å²) in [4.78, 5) is 23.6. The number of benzene rings is 1. The van der Waals surface area contributed by atoms with E-state index in [0.29, 0.717) is 0 Å². The molecule has 0 saturated carbocycles. The third-order valence-electron chi connectivity index (χ3n) is 3.75. The number of carbonyl (C=O) groups is 1. The van der Waals surface area contributed by atoms with Crippen molar-refractivity contribution in [3.63, 3.8) is 0 Å². The van der Waals surface area contributed by atoms with Gasteiger partial charge in [0, 0.05) is 50.8 Å². The zero-order valence-electron chi connectivity index (χ0n) is 13.7. The van der Waals surface area contributed by atoms with Crippen LogP contribution in [-0.2, 0) is 14.8 Å². The van der Waals surface area contributed by atoms with Crippen molar-refractivity contribution in [3.8, 4) is 0 Å². The SMILES string of the molecule is CC(N)CC(=O)N1CCN(S(=O)(=O)c2cccc([N+](=O)[O-])c2)CC1.Cl. The van der Waals surface area contributed by atoms with E-state index in [4.69, 9.17) is 5.73 Å². The molecule has 0 radical (unpaired) electrons. The monoisotopic (exact) mass is 392 g/mol. The number of carbonyl (C=O) groups excluding carboxylic acids is 1. The molecular weight excluding hydrogens is 372 g/mol. The first-order valence-electron chi connectivity index (χ1n) is 7.50. The molecule has 1 unspecified atom stereocenters. The van der Waals surface area contributed by atoms with E-state index in [9.17, 15) is 23.3 Å². The molecule has 1 aliphatic rings. The number of sulfonamides is 1. The lowest BCUT2D eigenvalue weighted by Gasteiger charge is -2.34. The Morgan fingerprint density at radius 1 is 1.32 bits per heavy atom. The van der Waals surface area contributed by atoms with Crippen LogP contribution in [0.2, 0.25) is 0 Å². The lowest BCUT2D eigenvalue weighted by atomic mass is 10.2. The van der Waals surface area contributed by atoms with Crippen molar-refractivity contribution >= 4 is 34.0 Å². The van der Waals surface area contributed by atoms with Gasteiger partial charge in [0.2, 0.25) is 15.9 Å². The van der Waals surface area contributed by atoms with Crippen molar-refractivity contribution in [2.45, 2.75) is 24.3 Å². The van der Waals surface area contributed by atoms with Gasteiger partial charge >= 0.3 is 0 Å². The molecule has 1 atom stereocenters. The van der Waals surface area contributed by atoms with E-state index in [1.807, 2.05) is 0 Å². The van der Waals surface area contributed by atoms with Gasteiger partial charge in [-0.1, -0.05) is 6.07 Å². The van der Waals surface area contributed by atoms with Crippen LogP contribution in [0.15, 0.2) is 29.2 Å². The zero-order valence-corrected chi connectivity index (χ0v) is 15.3. The maximum atomic E-state index is 12.6. The minimum Gasteiger partial charge on any atom is -0.340 e. The number of non-ortho nitro benzene ring substituents is 1. The number of hydrogen-bond acceptors (Lipinski definition) is 6. The summed E-state index contributed by atoms with van der Waals surface area (Å²) in [5.74, 6) is -0.0996. The van der Waals surface area contributed by atoms with E-state index in [1.165, 1.54) is 22.5 Å². The fourth-order valence-corrected chi connectivity index (χ4v) is 3.95. The van der Waals surface area contributed by atoms with Gasteiger partial charge in [0.25, 0.3) is 5.69 Å². The van der Waals surface area contributed by atoms with Gasteiger partial charge in [0.15, 0.2) is 0 Å². The Morgan fingerprint density at radius 2 is 1.92 bits per heavy atom. The summed E-state index contributed by atoms with van der Waals surface area (Å²) in [7, 11) is -3.82. The minimum atomic E-state index is -3.82. The van der Waals surface area contributed by atoms with Gasteiger partial charge < -0.3 is 10.6 Å². The quantitative estimate of drug-likeness (QED) is 0.577. The van der Waals surface area contributed by atoms with Crippen LogP contribution in [0.1, 0.15) is 13.3 Å². The molecule has 1 aromatic carbocycles. The molecule has 140 valence electrons. The molecule has 1 aliphatic heterocycles. The summed E-state index contributed by atoms with van der Waals surface area (Å²) in [6, 6.07) is 4.71. The van der Waals surface area contributed by atoms with Gasteiger partial charge in [-0.2, -0.15) is 4.31 Å². The second kappa shape index (κ2) is 8.56. The molecule has 0 spiro atoms. The standard InChI is InChI=1S/C14H20N4O5S.ClH/c1-11(15)9-14(19)16-5-7-17(8-6-16)24(22,23)13-4-2-3-12(10-13)18(20)21;/h2-4,10-11H,5-9,15H2,1H3;1H. The topological polar surface area (TPSA) is 127 Å². The highest BCUT2D eigenvalue weighted by molar-refractivity contribution is 7.89. The highest BCUT2D eigenvalue weighted by Gasteiger charge is 2.30. The fourth-order valence-electron chi connectivity index (χ4n) is 2.49. The average molecular weight is 393 g/mol. The van der Waals surface area contributed by atoms with Crippen LogP contribution in [0, 0.1) is 10.1 Å². The highest BCUT2D eigenvalue weighted by Crippen LogP contribution is 2.22. The van der Waals surface area contributed by atoms with Crippen molar-refractivity contribution in [1.82, 2.24) is 9.21 Å². The third kappa shape index (κ3) is 5.11. The molecule has 0 bridgehead atoms. The maximum Gasteiger partial charge on any atom is 0.270 e. The number of rotatable bonds is 5. The highest BCUT2D eigenvalue weighted by atomic mass is 35.5. The molecule has 9 nitrogen and oxygen atoms in total. The second-order valence-corrected chi connectivity index (χ2v) is 7.66. The number of nitro benzene ring substituents is 1. The van der Waals surface area contributed by atoms with Crippen LogP contribution < -0.4 is 5.73 Å². The number of nitro groups is 1. The van der Waals surface area contributed by atoms with Crippen molar-refractivity contribution in [1.29, 1.82) is 0 Å². The van der Waals surface area contributed by atoms with Crippen LogP contribution in [-0.4, -0.2) is 60.7 Å². The van der Waals surface area contributed by atoms with Gasteiger partial charge in [-0.25, -0.2) is 8.42 Å². The Bertz CT molecular complexity index is 732. The van der Waals surface area contributed by atoms with Gasteiger partial charge in [-0.15, -0.1) is 12.4 Å². The van der Waals surface area contributed by atoms with E-state index in [-0.39, 0.29) is 67.5 Å². The Kier molecular flexibility index (Phi) is 7.29. The minimum absolute atomic E-state index is 0. The van der Waals surface area contributed by atoms with Gasteiger partial charge in [-0.05, 0) is 13.0 Å². The summed E-state index contributed by atoms with van der Waals surface area (Å²) in [5, 5.41) is 10.8. The van der Waals surface area contributed by atoms with Crippen molar-refractivity contribution in [2.75, 3.05) is 26.2 Å². The molecule has 2 N–H and O–H groups in total. The van der Waals surface area contributed by atoms with Crippen molar-refractivity contribution in [2.24, 2.45) is 5.73 Å². The number of piperazine rings is 1. The summed E-state index contributed by atoms with van der Waals surface area (Å²) >= 11 is 0. The van der Waals surface area contributed by atoms with E-state index in [1.54, 1.807) is 11.8 Å². The Hall–Kier alpha value is -1.75. The largest absolute Gasteiger partial charge is 0.340 e. The summed E-state index contributed by atoms with van der Waals surface area (Å²) in [6.07, 6.45) is 0.220. The fraction of sp³-hybridized carbons (Fsp3) is 0.500. The second-order valence-electron chi connectivity index (χ2n) is 5.72. The molecule has 1 aromatic rings. The normalized spacial score (nSPS) is 16.8. The number of nitrogens with two attached hydrogens (primary N) is 1. The summed E-state index contributed by atoms with van der Waals surface area (Å²) < 4.78 is 26.4. The molecule has 1 heterocycles. The van der Waals surface area contributed by atoms with E-state index >= 15 is 0 Å².